The maximum atomic E-state index is 13.3. The number of rotatable bonds is 3. The summed E-state index contributed by atoms with van der Waals surface area (Å²) in [6.07, 6.45) is -4.67. The van der Waals surface area contributed by atoms with E-state index in [1.165, 1.54) is 12.1 Å². The van der Waals surface area contributed by atoms with E-state index >= 15 is 0 Å². The van der Waals surface area contributed by atoms with Gasteiger partial charge in [0.1, 0.15) is 11.6 Å². The number of alkyl halides is 3. The van der Waals surface area contributed by atoms with Gasteiger partial charge in [-0.1, -0.05) is 11.6 Å². The predicted molar refractivity (Wildman–Crippen MR) is 69.5 cm³/mol. The minimum absolute atomic E-state index is 0.108. The first-order chi connectivity index (χ1) is 9.79. The Morgan fingerprint density at radius 1 is 1.14 bits per heavy atom. The molecule has 21 heavy (non-hydrogen) atoms. The number of hydrogen-bond donors (Lipinski definition) is 3. The molecular formula is C11H8ClF4N5. The molecule has 0 aliphatic carbocycles. The summed E-state index contributed by atoms with van der Waals surface area (Å²) in [6.45, 7) is 0. The predicted octanol–water partition coefficient (Wildman–Crippen LogP) is 3.32. The molecule has 112 valence electrons. The molecule has 5 nitrogen and oxygen atoms in total. The van der Waals surface area contributed by atoms with Crippen LogP contribution in [-0.2, 0) is 6.18 Å². The third kappa shape index (κ3) is 3.70. The average molecular weight is 322 g/mol. The molecular weight excluding hydrogens is 314 g/mol. The third-order valence-electron chi connectivity index (χ3n) is 2.34. The Labute approximate surface area is 121 Å². The van der Waals surface area contributed by atoms with Crippen LogP contribution in [0.1, 0.15) is 5.69 Å². The van der Waals surface area contributed by atoms with Gasteiger partial charge in [-0.15, -0.1) is 0 Å². The van der Waals surface area contributed by atoms with Crippen molar-refractivity contribution < 1.29 is 17.6 Å². The molecule has 10 heteroatoms. The van der Waals surface area contributed by atoms with Crippen molar-refractivity contribution in [1.29, 1.82) is 0 Å². The molecule has 2 rings (SSSR count). The Morgan fingerprint density at radius 2 is 1.86 bits per heavy atom. The second-order valence-electron chi connectivity index (χ2n) is 3.86. The molecule has 0 saturated heterocycles. The zero-order valence-electron chi connectivity index (χ0n) is 10.2. The summed E-state index contributed by atoms with van der Waals surface area (Å²) in [6, 6.07) is 4.34. The fourth-order valence-corrected chi connectivity index (χ4v) is 1.56. The van der Waals surface area contributed by atoms with Crippen LogP contribution in [0.4, 0.5) is 35.0 Å². The van der Waals surface area contributed by atoms with Crippen LogP contribution in [0.3, 0.4) is 0 Å². The number of aromatic nitrogens is 2. The fraction of sp³-hybridized carbons (Fsp3) is 0.0909. The monoisotopic (exact) mass is 321 g/mol. The Balaban J connectivity index is 2.36. The standard InChI is InChI=1S/C11H8ClF4N5/c12-6-2-1-5(3-7(6)13)18-9-4-8(11(14,15)16)19-10(20-9)21-17/h1-4H,17H2,(H2,18,19,20,21). The van der Waals surface area contributed by atoms with Gasteiger partial charge in [0.2, 0.25) is 5.95 Å². The van der Waals surface area contributed by atoms with Gasteiger partial charge in [-0.2, -0.15) is 18.2 Å². The van der Waals surface area contributed by atoms with E-state index in [1.54, 1.807) is 0 Å². The summed E-state index contributed by atoms with van der Waals surface area (Å²) < 4.78 is 51.3. The van der Waals surface area contributed by atoms with E-state index in [4.69, 9.17) is 17.4 Å². The first kappa shape index (κ1) is 15.3. The molecule has 0 spiro atoms. The zero-order valence-corrected chi connectivity index (χ0v) is 10.9. The van der Waals surface area contributed by atoms with Gasteiger partial charge in [0.25, 0.3) is 0 Å². The van der Waals surface area contributed by atoms with Gasteiger partial charge >= 0.3 is 6.18 Å². The number of hydrazine groups is 1. The Hall–Kier alpha value is -2.13. The summed E-state index contributed by atoms with van der Waals surface area (Å²) in [5.41, 5.74) is 0.909. The Bertz CT molecular complexity index is 662. The lowest BCUT2D eigenvalue weighted by Crippen LogP contribution is -2.16. The second-order valence-corrected chi connectivity index (χ2v) is 4.27. The summed E-state index contributed by atoms with van der Waals surface area (Å²) in [5, 5.41) is 2.41. The minimum atomic E-state index is -4.67. The summed E-state index contributed by atoms with van der Waals surface area (Å²) in [7, 11) is 0. The van der Waals surface area contributed by atoms with Gasteiger partial charge in [0.05, 0.1) is 5.02 Å². The van der Waals surface area contributed by atoms with Crippen molar-refractivity contribution in [3.8, 4) is 0 Å². The maximum Gasteiger partial charge on any atom is 0.433 e. The summed E-state index contributed by atoms with van der Waals surface area (Å²) in [5.74, 6) is 3.67. The number of anilines is 3. The van der Waals surface area contributed by atoms with Crippen molar-refractivity contribution in [2.45, 2.75) is 6.18 Å². The third-order valence-corrected chi connectivity index (χ3v) is 2.64. The Morgan fingerprint density at radius 3 is 2.43 bits per heavy atom. The zero-order chi connectivity index (χ0) is 15.6. The molecule has 0 saturated carbocycles. The van der Waals surface area contributed by atoms with Crippen molar-refractivity contribution in [2.24, 2.45) is 5.84 Å². The molecule has 1 heterocycles. The van der Waals surface area contributed by atoms with Crippen molar-refractivity contribution in [2.75, 3.05) is 10.7 Å². The van der Waals surface area contributed by atoms with Gasteiger partial charge in [0, 0.05) is 11.8 Å². The molecule has 0 aliphatic rings. The van der Waals surface area contributed by atoms with E-state index in [0.29, 0.717) is 6.07 Å². The van der Waals surface area contributed by atoms with Gasteiger partial charge in [-0.3, -0.25) is 5.43 Å². The van der Waals surface area contributed by atoms with Gasteiger partial charge < -0.3 is 5.32 Å². The lowest BCUT2D eigenvalue weighted by Gasteiger charge is -2.11. The molecule has 0 unspecified atom stereocenters. The minimum Gasteiger partial charge on any atom is -0.340 e. The van der Waals surface area contributed by atoms with Crippen molar-refractivity contribution in [3.63, 3.8) is 0 Å². The molecule has 0 radical (unpaired) electrons. The highest BCUT2D eigenvalue weighted by Crippen LogP contribution is 2.30. The second kappa shape index (κ2) is 5.70. The number of halogens is 5. The van der Waals surface area contributed by atoms with E-state index in [2.05, 4.69) is 15.3 Å². The van der Waals surface area contributed by atoms with E-state index in [-0.39, 0.29) is 16.5 Å². The first-order valence-electron chi connectivity index (χ1n) is 5.44. The van der Waals surface area contributed by atoms with Crippen LogP contribution in [0.25, 0.3) is 0 Å². The highest BCUT2D eigenvalue weighted by molar-refractivity contribution is 6.30. The molecule has 1 aromatic carbocycles. The van der Waals surface area contributed by atoms with E-state index in [9.17, 15) is 17.6 Å². The average Bonchev–Trinajstić information content (AvgIpc) is 2.41. The smallest absolute Gasteiger partial charge is 0.340 e. The molecule has 1 aromatic heterocycles. The normalized spacial score (nSPS) is 11.3. The molecule has 2 aromatic rings. The molecule has 0 bridgehead atoms. The SMILES string of the molecule is NNc1nc(Nc2ccc(Cl)c(F)c2)cc(C(F)(F)F)n1. The number of hydrogen-bond acceptors (Lipinski definition) is 5. The first-order valence-corrected chi connectivity index (χ1v) is 5.82. The lowest BCUT2D eigenvalue weighted by atomic mass is 10.3. The van der Waals surface area contributed by atoms with E-state index < -0.39 is 23.6 Å². The topological polar surface area (TPSA) is 75.9 Å². The van der Waals surface area contributed by atoms with Crippen LogP contribution in [0, 0.1) is 5.82 Å². The molecule has 0 atom stereocenters. The van der Waals surface area contributed by atoms with Crippen LogP contribution in [0.5, 0.6) is 0 Å². The van der Waals surface area contributed by atoms with E-state index in [0.717, 1.165) is 6.07 Å². The highest BCUT2D eigenvalue weighted by Gasteiger charge is 2.33. The van der Waals surface area contributed by atoms with Crippen LogP contribution < -0.4 is 16.6 Å². The quantitative estimate of drug-likeness (QED) is 0.459. The number of nitrogens with two attached hydrogens (primary N) is 1. The lowest BCUT2D eigenvalue weighted by molar-refractivity contribution is -0.141. The summed E-state index contributed by atoms with van der Waals surface area (Å²) >= 11 is 5.51. The number of benzene rings is 1. The molecule has 0 fully saturated rings. The molecule has 0 amide bonds. The van der Waals surface area contributed by atoms with Crippen LogP contribution in [0.15, 0.2) is 24.3 Å². The van der Waals surface area contributed by atoms with E-state index in [1.807, 2.05) is 5.43 Å². The van der Waals surface area contributed by atoms with Crippen LogP contribution >= 0.6 is 11.6 Å². The van der Waals surface area contributed by atoms with Crippen molar-refractivity contribution in [3.05, 3.63) is 40.8 Å². The number of nitrogens with one attached hydrogen (secondary N) is 2. The Kier molecular flexibility index (Phi) is 4.14. The highest BCUT2D eigenvalue weighted by atomic mass is 35.5. The molecule has 4 N–H and O–H groups in total. The molecule has 0 aliphatic heterocycles. The number of nitrogens with zero attached hydrogens (tertiary/aromatic N) is 2. The fourth-order valence-electron chi connectivity index (χ4n) is 1.44. The van der Waals surface area contributed by atoms with Gasteiger partial charge in [-0.05, 0) is 18.2 Å². The largest absolute Gasteiger partial charge is 0.433 e. The van der Waals surface area contributed by atoms with Crippen molar-refractivity contribution >= 4 is 29.1 Å². The summed E-state index contributed by atoms with van der Waals surface area (Å²) in [4.78, 5) is 6.89. The van der Waals surface area contributed by atoms with Crippen LogP contribution in [-0.4, -0.2) is 9.97 Å². The van der Waals surface area contributed by atoms with Crippen LogP contribution in [0.2, 0.25) is 5.02 Å². The maximum absolute atomic E-state index is 13.3. The number of nitrogen functional groups attached to an aromatic ring is 1. The van der Waals surface area contributed by atoms with Gasteiger partial charge in [0.15, 0.2) is 5.69 Å². The van der Waals surface area contributed by atoms with Crippen molar-refractivity contribution in [1.82, 2.24) is 9.97 Å². The van der Waals surface area contributed by atoms with Gasteiger partial charge in [-0.25, -0.2) is 15.2 Å².